The van der Waals surface area contributed by atoms with Gasteiger partial charge in [0, 0.05) is 58.8 Å². The van der Waals surface area contributed by atoms with Gasteiger partial charge in [0.15, 0.2) is 0 Å². The van der Waals surface area contributed by atoms with E-state index in [4.69, 9.17) is 15.2 Å². The third-order valence-electron chi connectivity index (χ3n) is 5.38. The van der Waals surface area contributed by atoms with Gasteiger partial charge in [0.05, 0.1) is 17.3 Å². The number of fused-ring (bicyclic) bond motifs is 1. The van der Waals surface area contributed by atoms with Gasteiger partial charge in [-0.3, -0.25) is 4.90 Å². The number of anilines is 2. The molecule has 0 unspecified atom stereocenters. The molecule has 3 heterocycles. The number of rotatable bonds is 4. The molecule has 2 aromatic rings. The van der Waals surface area contributed by atoms with Crippen LogP contribution in [0, 0.1) is 11.3 Å². The van der Waals surface area contributed by atoms with Crippen LogP contribution in [0.3, 0.4) is 0 Å². The minimum atomic E-state index is 0.720. The highest BCUT2D eigenvalue weighted by Crippen LogP contribution is 2.29. The second-order valence-electron chi connectivity index (χ2n) is 7.63. The van der Waals surface area contributed by atoms with Crippen LogP contribution in [-0.2, 0) is 19.5 Å². The highest BCUT2D eigenvalue weighted by atomic mass is 15.3. The van der Waals surface area contributed by atoms with Gasteiger partial charge in [0.2, 0.25) is 5.95 Å². The smallest absolute Gasteiger partial charge is 0.227 e. The van der Waals surface area contributed by atoms with Crippen LogP contribution in [0.4, 0.5) is 11.8 Å². The van der Waals surface area contributed by atoms with E-state index in [0.717, 1.165) is 56.5 Å². The molecule has 4 rings (SSSR count). The van der Waals surface area contributed by atoms with Crippen LogP contribution in [-0.4, -0.2) is 48.6 Å². The molecule has 140 valence electrons. The molecule has 0 bridgehead atoms. The molecule has 1 aromatic heterocycles. The molecule has 0 spiro atoms. The minimum absolute atomic E-state index is 0.720. The van der Waals surface area contributed by atoms with E-state index in [-0.39, 0.29) is 0 Å². The Hall–Kier alpha value is -2.65. The highest BCUT2D eigenvalue weighted by Gasteiger charge is 2.25. The summed E-state index contributed by atoms with van der Waals surface area (Å²) in [4.78, 5) is 16.7. The minimum Gasteiger partial charge on any atom is -0.362 e. The Morgan fingerprint density at radius 2 is 1.96 bits per heavy atom. The molecule has 1 fully saturated rings. The van der Waals surface area contributed by atoms with Crippen molar-refractivity contribution in [2.24, 2.45) is 0 Å². The Labute approximate surface area is 161 Å². The number of hydrogen-bond acceptors (Lipinski definition) is 6. The quantitative estimate of drug-likeness (QED) is 0.833. The highest BCUT2D eigenvalue weighted by molar-refractivity contribution is 5.53. The molecule has 0 atom stereocenters. The van der Waals surface area contributed by atoms with E-state index in [0.29, 0.717) is 0 Å². The third kappa shape index (κ3) is 3.74. The molecule has 1 saturated heterocycles. The first-order chi connectivity index (χ1) is 13.1. The molecular weight excluding hydrogens is 336 g/mol. The fraction of sp³-hybridized carbons (Fsp3) is 0.476. The summed E-state index contributed by atoms with van der Waals surface area (Å²) >= 11 is 0. The maximum atomic E-state index is 9.12. The van der Waals surface area contributed by atoms with E-state index < -0.39 is 0 Å². The number of nitrogens with zero attached hydrogens (tertiary/aromatic N) is 6. The molecule has 0 aliphatic carbocycles. The van der Waals surface area contributed by atoms with Gasteiger partial charge >= 0.3 is 0 Å². The fourth-order valence-electron chi connectivity index (χ4n) is 4.00. The van der Waals surface area contributed by atoms with Gasteiger partial charge in [-0.15, -0.1) is 0 Å². The van der Waals surface area contributed by atoms with E-state index in [9.17, 15) is 0 Å². The Kier molecular flexibility index (Phi) is 4.95. The second kappa shape index (κ2) is 7.53. The molecule has 6 heteroatoms. The monoisotopic (exact) mass is 362 g/mol. The zero-order valence-corrected chi connectivity index (χ0v) is 16.1. The van der Waals surface area contributed by atoms with Crippen molar-refractivity contribution in [2.75, 3.05) is 43.5 Å². The second-order valence-corrected chi connectivity index (χ2v) is 7.63. The number of benzene rings is 1. The lowest BCUT2D eigenvalue weighted by Crippen LogP contribution is -2.33. The van der Waals surface area contributed by atoms with Gasteiger partial charge in [-0.25, -0.2) is 4.98 Å². The summed E-state index contributed by atoms with van der Waals surface area (Å²) in [5.74, 6) is 1.93. The van der Waals surface area contributed by atoms with Gasteiger partial charge in [-0.2, -0.15) is 10.2 Å². The molecule has 2 aliphatic heterocycles. The normalized spacial score (nSPS) is 16.9. The molecule has 0 N–H and O–H groups in total. The predicted octanol–water partition coefficient (Wildman–Crippen LogP) is 2.57. The first-order valence-electron chi connectivity index (χ1n) is 9.67. The van der Waals surface area contributed by atoms with Crippen molar-refractivity contribution in [3.05, 3.63) is 46.6 Å². The Balaban J connectivity index is 1.58. The molecular formula is C21H26N6. The number of hydrogen-bond donors (Lipinski definition) is 0. The summed E-state index contributed by atoms with van der Waals surface area (Å²) in [6.45, 7) is 4.79. The third-order valence-corrected chi connectivity index (χ3v) is 5.38. The average molecular weight is 362 g/mol. The lowest BCUT2D eigenvalue weighted by molar-refractivity contribution is 0.243. The van der Waals surface area contributed by atoms with Crippen molar-refractivity contribution in [1.82, 2.24) is 14.9 Å². The summed E-state index contributed by atoms with van der Waals surface area (Å²) < 4.78 is 0. The molecule has 0 amide bonds. The van der Waals surface area contributed by atoms with Gasteiger partial charge in [-0.05, 0) is 30.5 Å². The Bertz CT molecular complexity index is 863. The molecule has 0 saturated carbocycles. The molecule has 27 heavy (non-hydrogen) atoms. The van der Waals surface area contributed by atoms with E-state index in [1.807, 2.05) is 18.2 Å². The van der Waals surface area contributed by atoms with Crippen LogP contribution in [0.1, 0.15) is 35.2 Å². The van der Waals surface area contributed by atoms with Crippen LogP contribution >= 0.6 is 0 Å². The zero-order chi connectivity index (χ0) is 18.8. The van der Waals surface area contributed by atoms with E-state index in [2.05, 4.69) is 40.9 Å². The first kappa shape index (κ1) is 17.7. The summed E-state index contributed by atoms with van der Waals surface area (Å²) in [6.07, 6.45) is 3.40. The SMILES string of the molecule is CN(C)c1nc(N2CCCC2)nc2c1CN(Cc1cccc(C#N)c1)CC2. The van der Waals surface area contributed by atoms with Gasteiger partial charge in [0.1, 0.15) is 5.82 Å². The van der Waals surface area contributed by atoms with Crippen LogP contribution in [0.2, 0.25) is 0 Å². The van der Waals surface area contributed by atoms with Crippen LogP contribution in [0.5, 0.6) is 0 Å². The van der Waals surface area contributed by atoms with E-state index in [1.54, 1.807) is 0 Å². The molecule has 1 aromatic carbocycles. The lowest BCUT2D eigenvalue weighted by atomic mass is 10.0. The van der Waals surface area contributed by atoms with Crippen molar-refractivity contribution in [2.45, 2.75) is 32.4 Å². The topological polar surface area (TPSA) is 59.3 Å². The lowest BCUT2D eigenvalue weighted by Gasteiger charge is -2.31. The summed E-state index contributed by atoms with van der Waals surface area (Å²) in [5, 5.41) is 9.12. The Morgan fingerprint density at radius 3 is 2.70 bits per heavy atom. The van der Waals surface area contributed by atoms with Gasteiger partial charge in [0.25, 0.3) is 0 Å². The Morgan fingerprint density at radius 1 is 1.15 bits per heavy atom. The molecule has 0 radical (unpaired) electrons. The summed E-state index contributed by atoms with van der Waals surface area (Å²) in [7, 11) is 4.12. The zero-order valence-electron chi connectivity index (χ0n) is 16.1. The van der Waals surface area contributed by atoms with Gasteiger partial charge in [-0.1, -0.05) is 12.1 Å². The van der Waals surface area contributed by atoms with Crippen molar-refractivity contribution < 1.29 is 0 Å². The van der Waals surface area contributed by atoms with Crippen LogP contribution < -0.4 is 9.80 Å². The average Bonchev–Trinajstić information content (AvgIpc) is 3.22. The maximum absolute atomic E-state index is 9.12. The maximum Gasteiger partial charge on any atom is 0.227 e. The fourth-order valence-corrected chi connectivity index (χ4v) is 4.00. The molecule has 6 nitrogen and oxygen atoms in total. The van der Waals surface area contributed by atoms with Gasteiger partial charge < -0.3 is 9.80 Å². The van der Waals surface area contributed by atoms with E-state index >= 15 is 0 Å². The predicted molar refractivity (Wildman–Crippen MR) is 107 cm³/mol. The number of aromatic nitrogens is 2. The first-order valence-corrected chi connectivity index (χ1v) is 9.67. The standard InChI is InChI=1S/C21H26N6/c1-25(2)20-18-15-26(14-17-7-5-6-16(12-17)13-22)11-8-19(18)23-21(24-20)27-9-3-4-10-27/h5-7,12H,3-4,8-11,14-15H2,1-2H3. The van der Waals surface area contributed by atoms with Crippen molar-refractivity contribution in [3.8, 4) is 6.07 Å². The summed E-state index contributed by atoms with van der Waals surface area (Å²) in [6, 6.07) is 10.1. The van der Waals surface area contributed by atoms with E-state index in [1.165, 1.54) is 29.7 Å². The van der Waals surface area contributed by atoms with Crippen molar-refractivity contribution >= 4 is 11.8 Å². The van der Waals surface area contributed by atoms with Crippen LogP contribution in [0.25, 0.3) is 0 Å². The number of nitriles is 1. The largest absolute Gasteiger partial charge is 0.362 e. The van der Waals surface area contributed by atoms with Crippen molar-refractivity contribution in [3.63, 3.8) is 0 Å². The summed E-state index contributed by atoms with van der Waals surface area (Å²) in [5.41, 5.74) is 4.33. The van der Waals surface area contributed by atoms with Crippen LogP contribution in [0.15, 0.2) is 24.3 Å². The van der Waals surface area contributed by atoms with Crippen molar-refractivity contribution in [1.29, 1.82) is 5.26 Å². The molecule has 2 aliphatic rings.